The number of aliphatic hydroxyl groups is 1. The number of carbonyl (C=O) groups excluding carboxylic acids is 4. The van der Waals surface area contributed by atoms with Crippen LogP contribution in [0.3, 0.4) is 0 Å². The van der Waals surface area contributed by atoms with Crippen LogP contribution in [0.1, 0.15) is 388 Å². The third-order valence-electron chi connectivity index (χ3n) is 17.3. The van der Waals surface area contributed by atoms with Gasteiger partial charge in [0.25, 0.3) is 0 Å². The predicted octanol–water partition coefficient (Wildman–Crippen LogP) is 21.7. The smallest absolute Gasteiger partial charge is 0.462 e. The molecule has 0 aromatic heterocycles. The van der Waals surface area contributed by atoms with Crippen LogP contribution in [0.2, 0.25) is 0 Å². The number of esters is 4. The Hall–Kier alpha value is -1.94. The van der Waals surface area contributed by atoms with Gasteiger partial charge in [-0.2, -0.15) is 0 Å². The molecule has 5 atom stereocenters. The molecule has 0 aromatic rings. The molecule has 0 spiro atoms. The minimum Gasteiger partial charge on any atom is -0.462 e. The fraction of sp³-hybridized carbons (Fsp3) is 0.946. The van der Waals surface area contributed by atoms with Crippen molar-refractivity contribution in [3.8, 4) is 0 Å². The van der Waals surface area contributed by atoms with Crippen LogP contribution in [0, 0.1) is 5.92 Å². The summed E-state index contributed by atoms with van der Waals surface area (Å²) in [4.78, 5) is 72.3. The molecule has 0 saturated carbocycles. The lowest BCUT2D eigenvalue weighted by Crippen LogP contribution is -2.30. The van der Waals surface area contributed by atoms with Crippen LogP contribution in [0.4, 0.5) is 0 Å². The van der Waals surface area contributed by atoms with Gasteiger partial charge in [0.2, 0.25) is 0 Å². The van der Waals surface area contributed by atoms with Gasteiger partial charge < -0.3 is 33.8 Å². The predicted molar refractivity (Wildman–Crippen MR) is 377 cm³/mol. The van der Waals surface area contributed by atoms with Crippen LogP contribution in [0.25, 0.3) is 0 Å². The van der Waals surface area contributed by atoms with Gasteiger partial charge in [-0.15, -0.1) is 0 Å². The Kier molecular flexibility index (Phi) is 65.9. The summed E-state index contributed by atoms with van der Waals surface area (Å²) < 4.78 is 68.1. The van der Waals surface area contributed by atoms with Crippen molar-refractivity contribution in [2.24, 2.45) is 5.92 Å². The number of phosphoric ester groups is 2. The van der Waals surface area contributed by atoms with Gasteiger partial charge in [0.15, 0.2) is 12.2 Å². The molecule has 3 N–H and O–H groups in total. The third kappa shape index (κ3) is 68.4. The highest BCUT2D eigenvalue weighted by Gasteiger charge is 2.30. The maximum Gasteiger partial charge on any atom is 0.472 e. The number of aliphatic hydroxyl groups excluding tert-OH is 1. The second-order valence-electron chi connectivity index (χ2n) is 27.2. The Morgan fingerprint density at radius 1 is 0.290 bits per heavy atom. The second kappa shape index (κ2) is 67.3. The molecule has 0 rings (SSSR count). The minimum atomic E-state index is -4.95. The highest BCUT2D eigenvalue weighted by atomic mass is 31.2. The molecular weight excluding hydrogens is 1220 g/mol. The van der Waals surface area contributed by atoms with E-state index in [4.69, 9.17) is 37.0 Å². The van der Waals surface area contributed by atoms with Gasteiger partial charge >= 0.3 is 39.5 Å². The lowest BCUT2D eigenvalue weighted by atomic mass is 10.0. The molecule has 0 heterocycles. The van der Waals surface area contributed by atoms with E-state index in [0.717, 1.165) is 102 Å². The Morgan fingerprint density at radius 2 is 0.495 bits per heavy atom. The highest BCUT2D eigenvalue weighted by Crippen LogP contribution is 2.45. The molecule has 17 nitrogen and oxygen atoms in total. The monoisotopic (exact) mass is 1370 g/mol. The van der Waals surface area contributed by atoms with Crippen molar-refractivity contribution in [1.29, 1.82) is 0 Å². The van der Waals surface area contributed by atoms with E-state index in [1.54, 1.807) is 0 Å². The Morgan fingerprint density at radius 3 is 0.731 bits per heavy atom. The van der Waals surface area contributed by atoms with Gasteiger partial charge in [-0.05, 0) is 31.6 Å². The first-order valence-corrected chi connectivity index (χ1v) is 41.6. The Labute approximate surface area is 568 Å². The molecule has 0 saturated heterocycles. The molecule has 552 valence electrons. The SMILES string of the molecule is CCCCCCCCCCCCCCCCCCCCCCCCC(=O)O[C@H](COC(=O)CCCCCCCCCCCCCCCCC(C)C)COP(=O)(O)OC[C@@H](O)COP(=O)(O)OC[C@@H](COC(=O)CCCCCCC)OC(=O)CCCCCCCCCCC. The molecule has 0 aliphatic heterocycles. The average Bonchev–Trinajstić information content (AvgIpc) is 1.72. The van der Waals surface area contributed by atoms with Crippen molar-refractivity contribution < 1.29 is 80.2 Å². The number of ether oxygens (including phenoxy) is 4. The molecule has 0 amide bonds. The van der Waals surface area contributed by atoms with E-state index in [2.05, 4.69) is 34.6 Å². The molecule has 19 heteroatoms. The van der Waals surface area contributed by atoms with Gasteiger partial charge in [-0.25, -0.2) is 9.13 Å². The first-order valence-electron chi connectivity index (χ1n) is 38.6. The number of hydrogen-bond donors (Lipinski definition) is 3. The Balaban J connectivity index is 5.09. The van der Waals surface area contributed by atoms with Gasteiger partial charge in [0, 0.05) is 25.7 Å². The maximum atomic E-state index is 13.1. The van der Waals surface area contributed by atoms with Crippen LogP contribution in [0.15, 0.2) is 0 Å². The zero-order chi connectivity index (χ0) is 68.4. The minimum absolute atomic E-state index is 0.105. The van der Waals surface area contributed by atoms with Crippen LogP contribution in [-0.2, 0) is 65.4 Å². The number of rotatable bonds is 74. The molecule has 0 aliphatic rings. The topological polar surface area (TPSA) is 237 Å². The maximum absolute atomic E-state index is 13.1. The fourth-order valence-corrected chi connectivity index (χ4v) is 12.9. The van der Waals surface area contributed by atoms with Crippen molar-refractivity contribution in [1.82, 2.24) is 0 Å². The number of unbranched alkanes of at least 4 members (excludes halogenated alkanes) is 46. The summed E-state index contributed by atoms with van der Waals surface area (Å²) in [7, 11) is -9.89. The number of phosphoric acid groups is 2. The molecule has 0 fully saturated rings. The quantitative estimate of drug-likeness (QED) is 0.0222. The lowest BCUT2D eigenvalue weighted by molar-refractivity contribution is -0.161. The van der Waals surface area contributed by atoms with Crippen molar-refractivity contribution >= 4 is 39.5 Å². The number of hydrogen-bond acceptors (Lipinski definition) is 15. The molecule has 0 aromatic carbocycles. The van der Waals surface area contributed by atoms with E-state index in [-0.39, 0.29) is 25.7 Å². The second-order valence-corrected chi connectivity index (χ2v) is 30.1. The van der Waals surface area contributed by atoms with E-state index in [9.17, 15) is 43.2 Å². The summed E-state index contributed by atoms with van der Waals surface area (Å²) in [6, 6.07) is 0. The van der Waals surface area contributed by atoms with Crippen LogP contribution in [-0.4, -0.2) is 96.7 Å². The molecule has 0 radical (unpaired) electrons. The van der Waals surface area contributed by atoms with Crippen LogP contribution in [0.5, 0.6) is 0 Å². The van der Waals surface area contributed by atoms with Gasteiger partial charge in [-0.1, -0.05) is 336 Å². The molecular formula is C74H144O17P2. The number of carbonyl (C=O) groups is 4. The summed E-state index contributed by atoms with van der Waals surface area (Å²) in [6.45, 7) is 7.18. The third-order valence-corrected chi connectivity index (χ3v) is 19.2. The fourth-order valence-electron chi connectivity index (χ4n) is 11.4. The summed E-state index contributed by atoms with van der Waals surface area (Å²) >= 11 is 0. The van der Waals surface area contributed by atoms with Crippen molar-refractivity contribution in [3.05, 3.63) is 0 Å². The van der Waals surface area contributed by atoms with Gasteiger partial charge in [-0.3, -0.25) is 37.3 Å². The summed E-state index contributed by atoms with van der Waals surface area (Å²) in [5.41, 5.74) is 0. The summed E-state index contributed by atoms with van der Waals surface area (Å²) in [5, 5.41) is 10.6. The summed E-state index contributed by atoms with van der Waals surface area (Å²) in [6.07, 6.45) is 56.2. The van der Waals surface area contributed by atoms with Crippen molar-refractivity contribution in [2.75, 3.05) is 39.6 Å². The van der Waals surface area contributed by atoms with E-state index < -0.39 is 97.5 Å². The van der Waals surface area contributed by atoms with Crippen molar-refractivity contribution in [2.45, 2.75) is 406 Å². The molecule has 93 heavy (non-hydrogen) atoms. The molecule has 0 aliphatic carbocycles. The highest BCUT2D eigenvalue weighted by molar-refractivity contribution is 7.47. The standard InChI is InChI=1S/C74H144O17P2/c1-6-9-12-15-17-19-20-21-22-23-24-25-26-27-28-29-34-37-41-45-50-55-60-74(79)91-70(64-85-72(77)58-53-48-43-40-36-33-31-30-32-35-39-42-47-51-56-67(4)5)66-89-93(82,83)87-62-68(75)61-86-92(80,81)88-65-69(63-84-71(76)57-52-46-14-11-8-3)90-73(78)59-54-49-44-38-18-16-13-10-7-2/h67-70,75H,6-66H2,1-5H3,(H,80,81)(H,82,83)/t68-,69+,70+/m0/s1. The zero-order valence-corrected chi connectivity index (χ0v) is 62.2. The average molecular weight is 1370 g/mol. The van der Waals surface area contributed by atoms with Crippen molar-refractivity contribution in [3.63, 3.8) is 0 Å². The largest absolute Gasteiger partial charge is 0.472 e. The Bertz CT molecular complexity index is 1790. The van der Waals surface area contributed by atoms with E-state index in [1.165, 1.54) is 205 Å². The molecule has 2 unspecified atom stereocenters. The van der Waals surface area contributed by atoms with E-state index in [0.29, 0.717) is 25.7 Å². The molecule has 0 bridgehead atoms. The first-order chi connectivity index (χ1) is 45.0. The summed E-state index contributed by atoms with van der Waals surface area (Å²) in [5.74, 6) is -1.33. The zero-order valence-electron chi connectivity index (χ0n) is 60.4. The van der Waals surface area contributed by atoms with E-state index >= 15 is 0 Å². The lowest BCUT2D eigenvalue weighted by Gasteiger charge is -2.21. The van der Waals surface area contributed by atoms with Crippen LogP contribution >= 0.6 is 15.6 Å². The van der Waals surface area contributed by atoms with E-state index in [1.807, 2.05) is 0 Å². The normalized spacial score (nSPS) is 14.0. The first kappa shape index (κ1) is 91.1. The van der Waals surface area contributed by atoms with Gasteiger partial charge in [0.05, 0.1) is 26.4 Å². The van der Waals surface area contributed by atoms with Gasteiger partial charge in [0.1, 0.15) is 19.3 Å². The van der Waals surface area contributed by atoms with Crippen LogP contribution < -0.4 is 0 Å².